The number of ether oxygens (including phenoxy) is 1. The molecule has 18 heavy (non-hydrogen) atoms. The fraction of sp³-hybridized carbons (Fsp3) is 1.00. The maximum atomic E-state index is 6.13. The predicted octanol–water partition coefficient (Wildman–Crippen LogP) is 2.25. The van der Waals surface area contributed by atoms with Crippen LogP contribution in [0.15, 0.2) is 0 Å². The zero-order valence-electron chi connectivity index (χ0n) is 12.4. The molecule has 2 fully saturated rings. The number of nitrogens with zero attached hydrogens (tertiary/aromatic N) is 1. The van der Waals surface area contributed by atoms with Crippen LogP contribution in [-0.2, 0) is 4.74 Å². The van der Waals surface area contributed by atoms with Gasteiger partial charge in [0.25, 0.3) is 0 Å². The van der Waals surface area contributed by atoms with Crippen LogP contribution in [0.3, 0.4) is 0 Å². The number of nitrogens with two attached hydrogens (primary N) is 1. The number of hydrogen-bond donors (Lipinski definition) is 1. The summed E-state index contributed by atoms with van der Waals surface area (Å²) in [5, 5.41) is 0. The monoisotopic (exact) mass is 254 g/mol. The van der Waals surface area contributed by atoms with E-state index in [1.54, 1.807) is 0 Å². The second-order valence-corrected chi connectivity index (χ2v) is 7.21. The third kappa shape index (κ3) is 3.06. The molecule has 0 radical (unpaired) electrons. The van der Waals surface area contributed by atoms with Crippen LogP contribution in [0.5, 0.6) is 0 Å². The highest BCUT2D eigenvalue weighted by molar-refractivity contribution is 5.01. The van der Waals surface area contributed by atoms with Gasteiger partial charge in [0.2, 0.25) is 0 Å². The van der Waals surface area contributed by atoms with Crippen molar-refractivity contribution in [2.75, 3.05) is 33.4 Å². The van der Waals surface area contributed by atoms with E-state index in [1.165, 1.54) is 38.6 Å². The van der Waals surface area contributed by atoms with E-state index in [1.807, 2.05) is 0 Å². The molecule has 2 aliphatic rings. The standard InChI is InChI=1S/C15H30N2O/c1-14(2)6-7-15(11-14,12-16)17(3)10-13-4-8-18-9-5-13/h13H,4-12,16H2,1-3H3. The summed E-state index contributed by atoms with van der Waals surface area (Å²) < 4.78 is 5.45. The lowest BCUT2D eigenvalue weighted by Crippen LogP contribution is -2.52. The van der Waals surface area contributed by atoms with E-state index >= 15 is 0 Å². The van der Waals surface area contributed by atoms with Gasteiger partial charge in [-0.15, -0.1) is 0 Å². The molecule has 1 unspecified atom stereocenters. The summed E-state index contributed by atoms with van der Waals surface area (Å²) in [5.74, 6) is 0.802. The van der Waals surface area contributed by atoms with Gasteiger partial charge in [-0.1, -0.05) is 13.8 Å². The first-order chi connectivity index (χ1) is 8.47. The van der Waals surface area contributed by atoms with Crippen molar-refractivity contribution in [2.45, 2.75) is 51.5 Å². The number of hydrogen-bond acceptors (Lipinski definition) is 3. The molecule has 0 amide bonds. The van der Waals surface area contributed by atoms with Gasteiger partial charge in [-0.3, -0.25) is 4.90 Å². The fourth-order valence-corrected chi connectivity index (χ4v) is 3.80. The van der Waals surface area contributed by atoms with Gasteiger partial charge in [0.15, 0.2) is 0 Å². The highest BCUT2D eigenvalue weighted by atomic mass is 16.5. The van der Waals surface area contributed by atoms with Crippen LogP contribution in [0.1, 0.15) is 46.0 Å². The summed E-state index contributed by atoms with van der Waals surface area (Å²) >= 11 is 0. The molecular formula is C15H30N2O. The summed E-state index contributed by atoms with van der Waals surface area (Å²) in [6, 6.07) is 0. The molecule has 1 atom stereocenters. The third-order valence-electron chi connectivity index (χ3n) is 5.14. The summed E-state index contributed by atoms with van der Waals surface area (Å²) in [5.41, 5.74) is 6.84. The first-order valence-corrected chi connectivity index (χ1v) is 7.47. The van der Waals surface area contributed by atoms with Gasteiger partial charge < -0.3 is 10.5 Å². The Morgan fingerprint density at radius 3 is 2.39 bits per heavy atom. The van der Waals surface area contributed by atoms with Crippen LogP contribution in [0.2, 0.25) is 0 Å². The highest BCUT2D eigenvalue weighted by Gasteiger charge is 2.45. The summed E-state index contributed by atoms with van der Waals surface area (Å²) in [4.78, 5) is 2.57. The summed E-state index contributed by atoms with van der Waals surface area (Å²) in [6.45, 7) is 8.64. The maximum absolute atomic E-state index is 6.13. The minimum Gasteiger partial charge on any atom is -0.381 e. The molecule has 1 heterocycles. The van der Waals surface area contributed by atoms with Gasteiger partial charge in [0.05, 0.1) is 0 Å². The molecule has 2 rings (SSSR count). The van der Waals surface area contributed by atoms with E-state index in [9.17, 15) is 0 Å². The van der Waals surface area contributed by atoms with Crippen LogP contribution in [0, 0.1) is 11.3 Å². The van der Waals surface area contributed by atoms with E-state index in [0.717, 1.165) is 25.7 Å². The van der Waals surface area contributed by atoms with Gasteiger partial charge in [-0.25, -0.2) is 0 Å². The molecule has 2 N–H and O–H groups in total. The van der Waals surface area contributed by atoms with Crippen molar-refractivity contribution in [1.29, 1.82) is 0 Å². The maximum Gasteiger partial charge on any atom is 0.0469 e. The van der Waals surface area contributed by atoms with Crippen LogP contribution < -0.4 is 5.73 Å². The first kappa shape index (κ1) is 14.3. The Morgan fingerprint density at radius 1 is 1.22 bits per heavy atom. The van der Waals surface area contributed by atoms with Crippen LogP contribution >= 0.6 is 0 Å². The number of likely N-dealkylation sites (N-methyl/N-ethyl adjacent to an activating group) is 1. The molecule has 1 aliphatic carbocycles. The van der Waals surface area contributed by atoms with Crippen LogP contribution in [-0.4, -0.2) is 43.8 Å². The predicted molar refractivity (Wildman–Crippen MR) is 75.6 cm³/mol. The van der Waals surface area contributed by atoms with Crippen molar-refractivity contribution in [2.24, 2.45) is 17.1 Å². The third-order valence-corrected chi connectivity index (χ3v) is 5.14. The zero-order valence-corrected chi connectivity index (χ0v) is 12.4. The van der Waals surface area contributed by atoms with Gasteiger partial charge in [-0.2, -0.15) is 0 Å². The lowest BCUT2D eigenvalue weighted by Gasteiger charge is -2.41. The van der Waals surface area contributed by atoms with E-state index in [-0.39, 0.29) is 5.54 Å². The van der Waals surface area contributed by atoms with Gasteiger partial charge in [0.1, 0.15) is 0 Å². The Bertz CT molecular complexity index is 274. The van der Waals surface area contributed by atoms with Crippen molar-refractivity contribution in [3.8, 4) is 0 Å². The molecule has 1 saturated heterocycles. The average molecular weight is 254 g/mol. The molecular weight excluding hydrogens is 224 g/mol. The van der Waals surface area contributed by atoms with Crippen LogP contribution in [0.4, 0.5) is 0 Å². The second-order valence-electron chi connectivity index (χ2n) is 7.21. The molecule has 1 aliphatic heterocycles. The SMILES string of the molecule is CN(CC1CCOCC1)C1(CN)CCC(C)(C)C1. The highest BCUT2D eigenvalue weighted by Crippen LogP contribution is 2.46. The normalized spacial score (nSPS) is 33.2. The first-order valence-electron chi connectivity index (χ1n) is 7.47. The zero-order chi connectivity index (χ0) is 13.2. The molecule has 106 valence electrons. The smallest absolute Gasteiger partial charge is 0.0469 e. The molecule has 1 saturated carbocycles. The Morgan fingerprint density at radius 2 is 1.89 bits per heavy atom. The molecule has 0 bridgehead atoms. The van der Waals surface area contributed by atoms with E-state index < -0.39 is 0 Å². The Balaban J connectivity index is 1.95. The number of rotatable bonds is 4. The minimum absolute atomic E-state index is 0.252. The lowest BCUT2D eigenvalue weighted by atomic mass is 9.86. The topological polar surface area (TPSA) is 38.5 Å². The van der Waals surface area contributed by atoms with E-state index in [4.69, 9.17) is 10.5 Å². The summed E-state index contributed by atoms with van der Waals surface area (Å²) in [6.07, 6.45) is 6.25. The second kappa shape index (κ2) is 5.48. The van der Waals surface area contributed by atoms with Crippen molar-refractivity contribution in [3.05, 3.63) is 0 Å². The Kier molecular flexibility index (Phi) is 4.35. The van der Waals surface area contributed by atoms with Crippen molar-refractivity contribution in [1.82, 2.24) is 4.90 Å². The lowest BCUT2D eigenvalue weighted by molar-refractivity contribution is 0.0330. The van der Waals surface area contributed by atoms with Gasteiger partial charge in [0, 0.05) is 31.8 Å². The molecule has 3 nitrogen and oxygen atoms in total. The van der Waals surface area contributed by atoms with Crippen molar-refractivity contribution in [3.63, 3.8) is 0 Å². The minimum atomic E-state index is 0.252. The summed E-state index contributed by atoms with van der Waals surface area (Å²) in [7, 11) is 2.28. The van der Waals surface area contributed by atoms with Crippen molar-refractivity contribution < 1.29 is 4.74 Å². The van der Waals surface area contributed by atoms with E-state index in [2.05, 4.69) is 25.8 Å². The van der Waals surface area contributed by atoms with Crippen molar-refractivity contribution >= 4 is 0 Å². The van der Waals surface area contributed by atoms with Gasteiger partial charge >= 0.3 is 0 Å². The molecule has 0 aromatic rings. The average Bonchev–Trinajstić information content (AvgIpc) is 2.68. The quantitative estimate of drug-likeness (QED) is 0.836. The molecule has 0 aromatic heterocycles. The van der Waals surface area contributed by atoms with E-state index in [0.29, 0.717) is 5.41 Å². The Labute approximate surface area is 112 Å². The Hall–Kier alpha value is -0.120. The van der Waals surface area contributed by atoms with Crippen LogP contribution in [0.25, 0.3) is 0 Å². The molecule has 0 spiro atoms. The van der Waals surface area contributed by atoms with Gasteiger partial charge in [-0.05, 0) is 50.5 Å². The fourth-order valence-electron chi connectivity index (χ4n) is 3.80. The molecule has 0 aromatic carbocycles. The molecule has 3 heteroatoms. The largest absolute Gasteiger partial charge is 0.381 e.